The number of fused-ring (bicyclic) bond motifs is 2. The Labute approximate surface area is 163 Å². The summed E-state index contributed by atoms with van der Waals surface area (Å²) in [5.41, 5.74) is 2.29. The lowest BCUT2D eigenvalue weighted by Gasteiger charge is -2.29. The van der Waals surface area contributed by atoms with E-state index in [1.54, 1.807) is 12.1 Å². The van der Waals surface area contributed by atoms with Gasteiger partial charge >= 0.3 is 0 Å². The lowest BCUT2D eigenvalue weighted by Crippen LogP contribution is -2.43. The molecule has 6 nitrogen and oxygen atoms in total. The topological polar surface area (TPSA) is 67.2 Å². The van der Waals surface area contributed by atoms with E-state index in [4.69, 9.17) is 0 Å². The number of nitrogens with zero attached hydrogens (tertiary/aromatic N) is 3. The molecule has 1 N–H and O–H groups in total. The van der Waals surface area contributed by atoms with Crippen molar-refractivity contribution in [3.63, 3.8) is 0 Å². The van der Waals surface area contributed by atoms with E-state index in [-0.39, 0.29) is 4.90 Å². The monoisotopic (exact) mass is 392 g/mol. The molecule has 1 saturated heterocycles. The lowest BCUT2D eigenvalue weighted by atomic mass is 10.1. The number of para-hydroxylation sites is 1. The predicted molar refractivity (Wildman–Crippen MR) is 111 cm³/mol. The normalized spacial score (nSPS) is 15.4. The van der Waals surface area contributed by atoms with Crippen molar-refractivity contribution in [2.45, 2.75) is 4.90 Å². The van der Waals surface area contributed by atoms with Crippen LogP contribution in [0.5, 0.6) is 0 Å². The van der Waals surface area contributed by atoms with E-state index in [9.17, 15) is 8.42 Å². The Morgan fingerprint density at radius 1 is 0.893 bits per heavy atom. The van der Waals surface area contributed by atoms with Crippen LogP contribution in [0.3, 0.4) is 0 Å². The molecule has 4 aromatic rings. The molecule has 0 spiro atoms. The third kappa shape index (κ3) is 2.66. The van der Waals surface area contributed by atoms with Crippen molar-refractivity contribution >= 4 is 37.5 Å². The van der Waals surface area contributed by atoms with Gasteiger partial charge in [-0.25, -0.2) is 17.4 Å². The zero-order valence-electron chi connectivity index (χ0n) is 15.2. The summed E-state index contributed by atoms with van der Waals surface area (Å²) in [6, 6.07) is 18.6. The molecular weight excluding hydrogens is 372 g/mol. The molecular formula is C21H20N4O2S. The van der Waals surface area contributed by atoms with Gasteiger partial charge in [0.25, 0.3) is 10.0 Å². The minimum Gasteiger partial charge on any atom is -0.367 e. The van der Waals surface area contributed by atoms with Crippen molar-refractivity contribution in [3.05, 3.63) is 67.0 Å². The van der Waals surface area contributed by atoms with Crippen LogP contribution in [-0.4, -0.2) is 43.6 Å². The Hall–Kier alpha value is -2.90. The SMILES string of the molecule is O=S(=O)(c1cccc2ccccc12)n1cnc2c(N3CCNCC3)cccc21. The molecule has 142 valence electrons. The number of nitrogens with one attached hydrogen (secondary N) is 1. The van der Waals surface area contributed by atoms with Gasteiger partial charge in [0.1, 0.15) is 11.8 Å². The molecule has 7 heteroatoms. The fourth-order valence-corrected chi connectivity index (χ4v) is 5.38. The predicted octanol–water partition coefficient (Wildman–Crippen LogP) is 2.84. The van der Waals surface area contributed by atoms with E-state index in [0.717, 1.165) is 37.3 Å². The Bertz CT molecular complexity index is 1270. The summed E-state index contributed by atoms with van der Waals surface area (Å²) in [4.78, 5) is 7.03. The largest absolute Gasteiger partial charge is 0.367 e. The highest BCUT2D eigenvalue weighted by molar-refractivity contribution is 7.90. The first-order valence-electron chi connectivity index (χ1n) is 9.31. The van der Waals surface area contributed by atoms with Gasteiger partial charge in [-0.05, 0) is 23.6 Å². The van der Waals surface area contributed by atoms with E-state index in [2.05, 4.69) is 15.2 Å². The first-order chi connectivity index (χ1) is 13.7. The Kier molecular flexibility index (Phi) is 4.07. The van der Waals surface area contributed by atoms with Gasteiger partial charge < -0.3 is 10.2 Å². The highest BCUT2D eigenvalue weighted by atomic mass is 32.2. The quantitative estimate of drug-likeness (QED) is 0.581. The number of imidazole rings is 1. The van der Waals surface area contributed by atoms with Gasteiger partial charge in [0.15, 0.2) is 0 Å². The maximum Gasteiger partial charge on any atom is 0.270 e. The molecule has 28 heavy (non-hydrogen) atoms. The molecule has 0 atom stereocenters. The van der Waals surface area contributed by atoms with E-state index in [1.807, 2.05) is 48.5 Å². The van der Waals surface area contributed by atoms with Gasteiger partial charge in [0.2, 0.25) is 0 Å². The number of hydrogen-bond donors (Lipinski definition) is 1. The van der Waals surface area contributed by atoms with Crippen LogP contribution in [0.15, 0.2) is 71.9 Å². The van der Waals surface area contributed by atoms with E-state index in [0.29, 0.717) is 16.4 Å². The van der Waals surface area contributed by atoms with Crippen LogP contribution in [0.4, 0.5) is 5.69 Å². The molecule has 1 aliphatic heterocycles. The van der Waals surface area contributed by atoms with E-state index in [1.165, 1.54) is 10.3 Å². The maximum absolute atomic E-state index is 13.5. The fraction of sp³-hybridized carbons (Fsp3) is 0.190. The smallest absolute Gasteiger partial charge is 0.270 e. The van der Waals surface area contributed by atoms with Gasteiger partial charge in [-0.15, -0.1) is 0 Å². The van der Waals surface area contributed by atoms with Crippen LogP contribution in [0.2, 0.25) is 0 Å². The molecule has 1 aliphatic rings. The van der Waals surface area contributed by atoms with Crippen LogP contribution in [0.25, 0.3) is 21.8 Å². The second-order valence-electron chi connectivity index (χ2n) is 6.90. The number of anilines is 1. The van der Waals surface area contributed by atoms with Crippen molar-refractivity contribution < 1.29 is 8.42 Å². The molecule has 1 fully saturated rings. The molecule has 0 bridgehead atoms. The van der Waals surface area contributed by atoms with Crippen molar-refractivity contribution in [1.29, 1.82) is 0 Å². The van der Waals surface area contributed by atoms with Crippen molar-refractivity contribution in [2.24, 2.45) is 0 Å². The highest BCUT2D eigenvalue weighted by Crippen LogP contribution is 2.30. The standard InChI is InChI=1S/C21H20N4O2S/c26-28(27,20-10-3-6-16-5-1-2-7-17(16)20)25-15-23-21-18(8-4-9-19(21)25)24-13-11-22-12-14-24/h1-10,15,22H,11-14H2. The van der Waals surface area contributed by atoms with Crippen LogP contribution in [0, 0.1) is 0 Å². The Balaban J connectivity index is 1.68. The highest BCUT2D eigenvalue weighted by Gasteiger charge is 2.24. The summed E-state index contributed by atoms with van der Waals surface area (Å²) in [5, 5.41) is 4.95. The van der Waals surface area contributed by atoms with Crippen molar-refractivity contribution in [1.82, 2.24) is 14.3 Å². The third-order valence-electron chi connectivity index (χ3n) is 5.27. The maximum atomic E-state index is 13.5. The number of piperazine rings is 1. The van der Waals surface area contributed by atoms with Crippen molar-refractivity contribution in [3.8, 4) is 0 Å². The molecule has 0 saturated carbocycles. The minimum atomic E-state index is -3.77. The summed E-state index contributed by atoms with van der Waals surface area (Å²) in [6.45, 7) is 3.57. The lowest BCUT2D eigenvalue weighted by molar-refractivity contribution is 0.589. The fourth-order valence-electron chi connectivity index (χ4n) is 3.88. The van der Waals surface area contributed by atoms with Gasteiger partial charge in [0.05, 0.1) is 16.1 Å². The molecule has 5 rings (SSSR count). The van der Waals surface area contributed by atoms with E-state index >= 15 is 0 Å². The summed E-state index contributed by atoms with van der Waals surface area (Å²) < 4.78 is 28.3. The van der Waals surface area contributed by atoms with Gasteiger partial charge in [-0.1, -0.05) is 42.5 Å². The molecule has 1 aromatic heterocycles. The molecule has 2 heterocycles. The molecule has 0 unspecified atom stereocenters. The zero-order valence-corrected chi connectivity index (χ0v) is 16.1. The Morgan fingerprint density at radius 3 is 2.50 bits per heavy atom. The van der Waals surface area contributed by atoms with Crippen LogP contribution in [-0.2, 0) is 10.0 Å². The number of rotatable bonds is 3. The minimum absolute atomic E-state index is 0.289. The van der Waals surface area contributed by atoms with Crippen LogP contribution in [0.1, 0.15) is 0 Å². The number of benzene rings is 3. The van der Waals surface area contributed by atoms with Crippen molar-refractivity contribution in [2.75, 3.05) is 31.1 Å². The van der Waals surface area contributed by atoms with Gasteiger partial charge in [-0.2, -0.15) is 0 Å². The van der Waals surface area contributed by atoms with E-state index < -0.39 is 10.0 Å². The summed E-state index contributed by atoms with van der Waals surface area (Å²) in [5.74, 6) is 0. The van der Waals surface area contributed by atoms with Gasteiger partial charge in [-0.3, -0.25) is 0 Å². The summed E-state index contributed by atoms with van der Waals surface area (Å²) in [7, 11) is -3.77. The molecule has 0 radical (unpaired) electrons. The zero-order chi connectivity index (χ0) is 19.1. The van der Waals surface area contributed by atoms with Crippen LogP contribution < -0.4 is 10.2 Å². The second-order valence-corrected chi connectivity index (χ2v) is 8.69. The number of aromatic nitrogens is 2. The third-order valence-corrected chi connectivity index (χ3v) is 6.99. The number of hydrogen-bond acceptors (Lipinski definition) is 5. The Morgan fingerprint density at radius 2 is 1.64 bits per heavy atom. The first kappa shape index (κ1) is 17.2. The average molecular weight is 392 g/mol. The van der Waals surface area contributed by atoms with Gasteiger partial charge in [0, 0.05) is 31.6 Å². The van der Waals surface area contributed by atoms with Crippen LogP contribution >= 0.6 is 0 Å². The second kappa shape index (κ2) is 6.61. The molecule has 3 aromatic carbocycles. The first-order valence-corrected chi connectivity index (χ1v) is 10.8. The molecule has 0 amide bonds. The molecule has 0 aliphatic carbocycles. The average Bonchev–Trinajstić information content (AvgIpc) is 3.19. The summed E-state index contributed by atoms with van der Waals surface area (Å²) >= 11 is 0. The summed E-state index contributed by atoms with van der Waals surface area (Å²) in [6.07, 6.45) is 1.42.